The van der Waals surface area contributed by atoms with E-state index in [4.69, 9.17) is 0 Å². The Morgan fingerprint density at radius 3 is 1.78 bits per heavy atom. The SMILES string of the molecule is O=C(c1ccccc1)c1c(-c2ccccc2)c(C(=O)c2ccccc2)n2c1c(Br)cc1ccccc12. The van der Waals surface area contributed by atoms with E-state index >= 15 is 0 Å². The zero-order chi connectivity index (χ0) is 24.6. The molecule has 6 rings (SSSR count). The van der Waals surface area contributed by atoms with Crippen LogP contribution in [0.4, 0.5) is 0 Å². The van der Waals surface area contributed by atoms with E-state index < -0.39 is 0 Å². The third-order valence-electron chi connectivity index (χ3n) is 6.43. The van der Waals surface area contributed by atoms with Crippen molar-refractivity contribution < 1.29 is 9.59 Å². The number of fused-ring (bicyclic) bond motifs is 3. The summed E-state index contributed by atoms with van der Waals surface area (Å²) in [6.45, 7) is 0. The molecule has 0 N–H and O–H groups in total. The van der Waals surface area contributed by atoms with E-state index in [1.807, 2.05) is 126 Å². The highest BCUT2D eigenvalue weighted by Crippen LogP contribution is 2.41. The number of ketones is 2. The molecule has 0 aliphatic rings. The minimum atomic E-state index is -0.139. The summed E-state index contributed by atoms with van der Waals surface area (Å²) in [4.78, 5) is 28.4. The van der Waals surface area contributed by atoms with Crippen LogP contribution in [-0.4, -0.2) is 16.0 Å². The number of hydrogen-bond acceptors (Lipinski definition) is 2. The maximum atomic E-state index is 14.2. The number of rotatable bonds is 5. The van der Waals surface area contributed by atoms with Gasteiger partial charge in [-0.25, -0.2) is 0 Å². The molecular weight excluding hydrogens is 510 g/mol. The molecule has 2 aromatic heterocycles. The van der Waals surface area contributed by atoms with Crippen LogP contribution in [0.25, 0.3) is 27.5 Å². The molecule has 0 saturated carbocycles. The van der Waals surface area contributed by atoms with Crippen LogP contribution < -0.4 is 0 Å². The van der Waals surface area contributed by atoms with Crippen LogP contribution in [0.15, 0.2) is 126 Å². The van der Waals surface area contributed by atoms with Crippen molar-refractivity contribution in [2.75, 3.05) is 0 Å². The molecule has 2 heterocycles. The molecule has 0 amide bonds. The highest BCUT2D eigenvalue weighted by atomic mass is 79.9. The van der Waals surface area contributed by atoms with E-state index in [-0.39, 0.29) is 11.6 Å². The van der Waals surface area contributed by atoms with Crippen LogP contribution in [0.5, 0.6) is 0 Å². The van der Waals surface area contributed by atoms with Gasteiger partial charge >= 0.3 is 0 Å². The largest absolute Gasteiger partial charge is 0.304 e. The second-order valence-electron chi connectivity index (χ2n) is 8.59. The molecule has 0 atom stereocenters. The van der Waals surface area contributed by atoms with Gasteiger partial charge in [-0.15, -0.1) is 0 Å². The Bertz CT molecular complexity index is 1750. The third-order valence-corrected chi connectivity index (χ3v) is 7.04. The molecule has 0 bridgehead atoms. The fourth-order valence-corrected chi connectivity index (χ4v) is 5.46. The van der Waals surface area contributed by atoms with Crippen molar-refractivity contribution in [1.82, 2.24) is 4.40 Å². The van der Waals surface area contributed by atoms with Crippen LogP contribution in [0.2, 0.25) is 0 Å². The molecule has 172 valence electrons. The van der Waals surface area contributed by atoms with Gasteiger partial charge in [0.25, 0.3) is 0 Å². The van der Waals surface area contributed by atoms with Gasteiger partial charge in [-0.1, -0.05) is 109 Å². The van der Waals surface area contributed by atoms with Gasteiger partial charge in [0.1, 0.15) is 5.69 Å². The van der Waals surface area contributed by atoms with Gasteiger partial charge in [0.2, 0.25) is 5.78 Å². The van der Waals surface area contributed by atoms with Crippen LogP contribution in [0.1, 0.15) is 32.0 Å². The van der Waals surface area contributed by atoms with Gasteiger partial charge in [-0.05, 0) is 39.0 Å². The molecule has 3 nitrogen and oxygen atoms in total. The first-order valence-corrected chi connectivity index (χ1v) is 12.4. The summed E-state index contributed by atoms with van der Waals surface area (Å²) in [5.41, 5.74) is 5.10. The maximum Gasteiger partial charge on any atom is 0.210 e. The highest BCUT2D eigenvalue weighted by molar-refractivity contribution is 9.10. The number of para-hydroxylation sites is 1. The second-order valence-corrected chi connectivity index (χ2v) is 9.44. The number of carbonyl (C=O) groups excluding carboxylic acids is 2. The Morgan fingerprint density at radius 1 is 0.611 bits per heavy atom. The van der Waals surface area contributed by atoms with Crippen LogP contribution in [0, 0.1) is 0 Å². The molecule has 0 radical (unpaired) electrons. The van der Waals surface area contributed by atoms with Gasteiger partial charge in [-0.3, -0.25) is 9.59 Å². The number of carbonyl (C=O) groups is 2. The van der Waals surface area contributed by atoms with Gasteiger partial charge in [0.05, 0.1) is 16.6 Å². The summed E-state index contributed by atoms with van der Waals surface area (Å²) < 4.78 is 2.71. The molecule has 0 aliphatic heterocycles. The lowest BCUT2D eigenvalue weighted by Crippen LogP contribution is -2.08. The Kier molecular flexibility index (Phi) is 5.59. The first-order valence-electron chi connectivity index (χ1n) is 11.7. The Labute approximate surface area is 216 Å². The lowest BCUT2D eigenvalue weighted by Gasteiger charge is -2.10. The molecule has 0 unspecified atom stereocenters. The minimum absolute atomic E-state index is 0.130. The molecular formula is C32H20BrNO2. The Balaban J connectivity index is 1.84. The predicted molar refractivity (Wildman–Crippen MR) is 148 cm³/mol. The van der Waals surface area contributed by atoms with E-state index in [1.165, 1.54) is 0 Å². The van der Waals surface area contributed by atoms with Crippen molar-refractivity contribution in [3.8, 4) is 11.1 Å². The lowest BCUT2D eigenvalue weighted by atomic mass is 9.92. The normalized spacial score (nSPS) is 11.1. The minimum Gasteiger partial charge on any atom is -0.304 e. The molecule has 6 aromatic rings. The molecule has 36 heavy (non-hydrogen) atoms. The van der Waals surface area contributed by atoms with Gasteiger partial charge in [-0.2, -0.15) is 0 Å². The number of halogens is 1. The van der Waals surface area contributed by atoms with Crippen molar-refractivity contribution in [2.24, 2.45) is 0 Å². The fourth-order valence-electron chi connectivity index (χ4n) is 4.84. The smallest absolute Gasteiger partial charge is 0.210 e. The molecule has 0 spiro atoms. The van der Waals surface area contributed by atoms with Crippen molar-refractivity contribution >= 4 is 43.9 Å². The number of pyridine rings is 1. The Hall–Kier alpha value is -4.28. The third kappa shape index (κ3) is 3.58. The topological polar surface area (TPSA) is 38.5 Å². The monoisotopic (exact) mass is 529 g/mol. The molecule has 0 saturated heterocycles. The summed E-state index contributed by atoms with van der Waals surface area (Å²) in [5, 5.41) is 0.965. The number of hydrogen-bond donors (Lipinski definition) is 0. The van der Waals surface area contributed by atoms with Gasteiger partial charge < -0.3 is 4.40 Å². The summed E-state index contributed by atoms with van der Waals surface area (Å²) >= 11 is 3.75. The van der Waals surface area contributed by atoms with E-state index in [9.17, 15) is 9.59 Å². The average molecular weight is 530 g/mol. The summed E-state index contributed by atoms with van der Waals surface area (Å²) in [7, 11) is 0. The number of benzene rings is 4. The summed E-state index contributed by atoms with van der Waals surface area (Å²) in [5.74, 6) is -0.269. The van der Waals surface area contributed by atoms with Gasteiger partial charge in [0, 0.05) is 21.2 Å². The first kappa shape index (κ1) is 22.2. The summed E-state index contributed by atoms with van der Waals surface area (Å²) in [6, 6.07) is 38.1. The predicted octanol–water partition coefficient (Wildman–Crippen LogP) is 7.98. The van der Waals surface area contributed by atoms with E-state index in [2.05, 4.69) is 15.9 Å². The van der Waals surface area contributed by atoms with Crippen LogP contribution in [0.3, 0.4) is 0 Å². The van der Waals surface area contributed by atoms with Crippen molar-refractivity contribution in [1.29, 1.82) is 0 Å². The summed E-state index contributed by atoms with van der Waals surface area (Å²) in [6.07, 6.45) is 0. The quantitative estimate of drug-likeness (QED) is 0.212. The van der Waals surface area contributed by atoms with Crippen LogP contribution in [-0.2, 0) is 0 Å². The number of aromatic nitrogens is 1. The Morgan fingerprint density at radius 2 is 1.14 bits per heavy atom. The number of nitrogens with zero attached hydrogens (tertiary/aromatic N) is 1. The molecule has 0 fully saturated rings. The lowest BCUT2D eigenvalue weighted by molar-refractivity contribution is 0.103. The second kappa shape index (κ2) is 9.06. The molecule has 0 aliphatic carbocycles. The fraction of sp³-hybridized carbons (Fsp3) is 0. The molecule has 4 heteroatoms. The van der Waals surface area contributed by atoms with Crippen molar-refractivity contribution in [3.05, 3.63) is 148 Å². The average Bonchev–Trinajstić information content (AvgIpc) is 3.31. The first-order chi connectivity index (χ1) is 17.6. The van der Waals surface area contributed by atoms with Gasteiger partial charge in [0.15, 0.2) is 5.78 Å². The highest BCUT2D eigenvalue weighted by Gasteiger charge is 2.31. The van der Waals surface area contributed by atoms with E-state index in [0.29, 0.717) is 33.5 Å². The van der Waals surface area contributed by atoms with E-state index in [0.717, 1.165) is 20.9 Å². The molecule has 4 aromatic carbocycles. The van der Waals surface area contributed by atoms with E-state index in [1.54, 1.807) is 0 Å². The standard InChI is InChI=1S/C32H20BrNO2/c33-25-20-24-18-10-11-19-26(24)34-29(25)28(31(35)22-14-6-2-7-15-22)27(21-12-4-1-5-13-21)30(34)32(36)23-16-8-3-9-17-23/h1-20H. The van der Waals surface area contributed by atoms with Crippen LogP contribution >= 0.6 is 15.9 Å². The van der Waals surface area contributed by atoms with Crippen molar-refractivity contribution in [3.63, 3.8) is 0 Å². The maximum absolute atomic E-state index is 14.2. The van der Waals surface area contributed by atoms with Crippen molar-refractivity contribution in [2.45, 2.75) is 0 Å². The zero-order valence-corrected chi connectivity index (χ0v) is 20.8. The zero-order valence-electron chi connectivity index (χ0n) is 19.2.